The Bertz CT molecular complexity index is 353. The number of carbonyl (C=O) groups excluding carboxylic acids is 1. The maximum atomic E-state index is 11.1. The molecule has 1 rings (SSSR count). The number of amides is 1. The molecule has 0 radical (unpaired) electrons. The van der Waals surface area contributed by atoms with E-state index in [2.05, 4.69) is 5.32 Å². The number of rotatable bonds is 3. The van der Waals surface area contributed by atoms with Gasteiger partial charge in [0.2, 0.25) is 0 Å². The smallest absolute Gasteiger partial charge is 0.321 e. The number of carboxylic acids is 1. The molecular weight excluding hydrogens is 214 g/mol. The van der Waals surface area contributed by atoms with Crippen molar-refractivity contribution >= 4 is 23.0 Å². The van der Waals surface area contributed by atoms with Crippen LogP contribution < -0.4 is 5.32 Å². The van der Waals surface area contributed by atoms with E-state index in [0.29, 0.717) is 5.56 Å². The van der Waals surface area contributed by atoms with Crippen molar-refractivity contribution in [2.75, 3.05) is 7.05 Å². The summed E-state index contributed by atoms with van der Waals surface area (Å²) < 4.78 is 0. The topological polar surface area (TPSA) is 66.4 Å². The lowest BCUT2D eigenvalue weighted by Crippen LogP contribution is -2.17. The van der Waals surface area contributed by atoms with E-state index in [-0.39, 0.29) is 5.24 Å². The Labute approximate surface area is 91.7 Å². The molecule has 0 aliphatic heterocycles. The van der Waals surface area contributed by atoms with Crippen molar-refractivity contribution in [2.24, 2.45) is 0 Å². The summed E-state index contributed by atoms with van der Waals surface area (Å²) in [5.74, 6) is -1.02. The minimum absolute atomic E-state index is 0.355. The van der Waals surface area contributed by atoms with Crippen molar-refractivity contribution in [2.45, 2.75) is 5.25 Å². The number of benzene rings is 1. The minimum Gasteiger partial charge on any atom is -0.480 e. The summed E-state index contributed by atoms with van der Waals surface area (Å²) in [4.78, 5) is 22.0. The van der Waals surface area contributed by atoms with Crippen molar-refractivity contribution < 1.29 is 14.7 Å². The molecule has 0 saturated heterocycles. The molecule has 15 heavy (non-hydrogen) atoms. The molecule has 0 aliphatic rings. The van der Waals surface area contributed by atoms with Crippen LogP contribution in [0.15, 0.2) is 30.3 Å². The third-order valence-electron chi connectivity index (χ3n) is 1.76. The zero-order valence-electron chi connectivity index (χ0n) is 8.14. The molecule has 0 heterocycles. The zero-order chi connectivity index (χ0) is 11.3. The quantitative estimate of drug-likeness (QED) is 0.824. The van der Waals surface area contributed by atoms with Crippen LogP contribution in [0.5, 0.6) is 0 Å². The molecule has 0 aromatic heterocycles. The second-order valence-electron chi connectivity index (χ2n) is 2.78. The van der Waals surface area contributed by atoms with Crippen LogP contribution >= 0.6 is 11.8 Å². The van der Waals surface area contributed by atoms with E-state index >= 15 is 0 Å². The first-order valence-electron chi connectivity index (χ1n) is 4.31. The van der Waals surface area contributed by atoms with Gasteiger partial charge < -0.3 is 10.4 Å². The normalized spacial score (nSPS) is 11.8. The maximum Gasteiger partial charge on any atom is 0.321 e. The van der Waals surface area contributed by atoms with Crippen LogP contribution in [0, 0.1) is 0 Å². The molecule has 0 aliphatic carbocycles. The van der Waals surface area contributed by atoms with Crippen LogP contribution in [0.1, 0.15) is 10.8 Å². The Kier molecular flexibility index (Phi) is 4.17. The van der Waals surface area contributed by atoms with Crippen LogP contribution in [0.4, 0.5) is 4.79 Å². The van der Waals surface area contributed by atoms with Gasteiger partial charge in [0.25, 0.3) is 5.24 Å². The number of thioether (sulfide) groups is 1. The third kappa shape index (κ3) is 3.28. The highest BCUT2D eigenvalue weighted by molar-refractivity contribution is 8.14. The summed E-state index contributed by atoms with van der Waals surface area (Å²) >= 11 is 0.756. The SMILES string of the molecule is CNC(=O)SC(C(=O)O)c1ccccc1. The lowest BCUT2D eigenvalue weighted by Gasteiger charge is -2.10. The lowest BCUT2D eigenvalue weighted by atomic mass is 10.1. The molecule has 0 saturated carbocycles. The number of hydrogen-bond donors (Lipinski definition) is 2. The van der Waals surface area contributed by atoms with Gasteiger partial charge >= 0.3 is 5.97 Å². The van der Waals surface area contributed by atoms with Crippen LogP contribution in [-0.2, 0) is 4.79 Å². The molecule has 80 valence electrons. The number of aliphatic carboxylic acids is 1. The fraction of sp³-hybridized carbons (Fsp3) is 0.200. The lowest BCUT2D eigenvalue weighted by molar-refractivity contribution is -0.136. The van der Waals surface area contributed by atoms with Crippen molar-refractivity contribution in [3.05, 3.63) is 35.9 Å². The highest BCUT2D eigenvalue weighted by atomic mass is 32.2. The summed E-state index contributed by atoms with van der Waals surface area (Å²) in [6.07, 6.45) is 0. The van der Waals surface area contributed by atoms with E-state index in [4.69, 9.17) is 5.11 Å². The standard InChI is InChI=1S/C10H11NO3S/c1-11-10(14)15-8(9(12)13)7-5-3-2-4-6-7/h2-6,8H,1H3,(H,11,14)(H,12,13). The summed E-state index contributed by atoms with van der Waals surface area (Å²) in [5.41, 5.74) is 0.610. The Morgan fingerprint density at radius 2 is 1.93 bits per heavy atom. The fourth-order valence-electron chi connectivity index (χ4n) is 1.05. The molecule has 2 N–H and O–H groups in total. The highest BCUT2D eigenvalue weighted by Crippen LogP contribution is 2.29. The Hall–Kier alpha value is -1.49. The van der Waals surface area contributed by atoms with Gasteiger partial charge in [0.05, 0.1) is 0 Å². The summed E-state index contributed by atoms with van der Waals surface area (Å²) in [7, 11) is 1.47. The molecule has 1 aromatic rings. The maximum absolute atomic E-state index is 11.1. The molecule has 0 spiro atoms. The molecule has 0 bridgehead atoms. The Balaban J connectivity index is 2.84. The average Bonchev–Trinajstić information content (AvgIpc) is 2.26. The van der Waals surface area contributed by atoms with Crippen molar-refractivity contribution in [3.8, 4) is 0 Å². The van der Waals surface area contributed by atoms with Gasteiger partial charge in [-0.1, -0.05) is 30.3 Å². The van der Waals surface area contributed by atoms with Crippen LogP contribution in [0.3, 0.4) is 0 Å². The number of carboxylic acid groups (broad SMARTS) is 1. The van der Waals surface area contributed by atoms with Crippen molar-refractivity contribution in [1.29, 1.82) is 0 Å². The molecular formula is C10H11NO3S. The van der Waals surface area contributed by atoms with E-state index in [9.17, 15) is 9.59 Å². The molecule has 1 unspecified atom stereocenters. The van der Waals surface area contributed by atoms with Gasteiger partial charge in [-0.05, 0) is 17.3 Å². The molecule has 1 amide bonds. The second kappa shape index (κ2) is 5.41. The Morgan fingerprint density at radius 1 is 1.33 bits per heavy atom. The van der Waals surface area contributed by atoms with Crippen LogP contribution in [-0.4, -0.2) is 23.4 Å². The van der Waals surface area contributed by atoms with Crippen molar-refractivity contribution in [3.63, 3.8) is 0 Å². The molecule has 5 heteroatoms. The molecule has 4 nitrogen and oxygen atoms in total. The van der Waals surface area contributed by atoms with Crippen molar-refractivity contribution in [1.82, 2.24) is 5.32 Å². The predicted molar refractivity (Wildman–Crippen MR) is 58.9 cm³/mol. The first-order valence-corrected chi connectivity index (χ1v) is 5.19. The Morgan fingerprint density at radius 3 is 2.40 bits per heavy atom. The van der Waals surface area contributed by atoms with Gasteiger partial charge in [-0.2, -0.15) is 0 Å². The molecule has 0 fully saturated rings. The van der Waals surface area contributed by atoms with Crippen LogP contribution in [0.2, 0.25) is 0 Å². The largest absolute Gasteiger partial charge is 0.480 e. The van der Waals surface area contributed by atoms with E-state index < -0.39 is 11.2 Å². The van der Waals surface area contributed by atoms with Gasteiger partial charge in [-0.3, -0.25) is 9.59 Å². The van der Waals surface area contributed by atoms with Gasteiger partial charge in [-0.15, -0.1) is 0 Å². The van der Waals surface area contributed by atoms with Gasteiger partial charge in [0, 0.05) is 7.05 Å². The second-order valence-corrected chi connectivity index (χ2v) is 3.86. The molecule has 1 aromatic carbocycles. The van der Waals surface area contributed by atoms with Gasteiger partial charge in [0.1, 0.15) is 5.25 Å². The number of carbonyl (C=O) groups is 2. The number of nitrogens with one attached hydrogen (secondary N) is 1. The first kappa shape index (κ1) is 11.6. The van der Waals surface area contributed by atoms with Gasteiger partial charge in [-0.25, -0.2) is 0 Å². The van der Waals surface area contributed by atoms with Crippen LogP contribution in [0.25, 0.3) is 0 Å². The predicted octanol–water partition coefficient (Wildman–Crippen LogP) is 1.88. The van der Waals surface area contributed by atoms with E-state index in [0.717, 1.165) is 11.8 Å². The monoisotopic (exact) mass is 225 g/mol. The average molecular weight is 225 g/mol. The van der Waals surface area contributed by atoms with E-state index in [1.807, 2.05) is 0 Å². The van der Waals surface area contributed by atoms with E-state index in [1.165, 1.54) is 7.05 Å². The zero-order valence-corrected chi connectivity index (χ0v) is 8.95. The molecule has 1 atom stereocenters. The fourth-order valence-corrected chi connectivity index (χ4v) is 1.78. The number of hydrogen-bond acceptors (Lipinski definition) is 3. The minimum atomic E-state index is -1.02. The summed E-state index contributed by atoms with van der Waals surface area (Å²) in [6.45, 7) is 0. The summed E-state index contributed by atoms with van der Waals surface area (Å²) in [6, 6.07) is 8.67. The first-order chi connectivity index (χ1) is 7.15. The highest BCUT2D eigenvalue weighted by Gasteiger charge is 2.23. The summed E-state index contributed by atoms with van der Waals surface area (Å²) in [5, 5.41) is 10.1. The van der Waals surface area contributed by atoms with E-state index in [1.54, 1.807) is 30.3 Å². The van der Waals surface area contributed by atoms with Gasteiger partial charge in [0.15, 0.2) is 0 Å². The third-order valence-corrected chi connectivity index (χ3v) is 2.88.